The zero-order valence-corrected chi connectivity index (χ0v) is 24.8. The number of hydrogen-bond donors (Lipinski definition) is 5. The van der Waals surface area contributed by atoms with Crippen LogP contribution in [0.2, 0.25) is 4.34 Å². The number of amides is 3. The largest absolute Gasteiger partial charge is 0.478 e. The van der Waals surface area contributed by atoms with Gasteiger partial charge in [-0.2, -0.15) is 0 Å². The molecule has 4 saturated heterocycles. The summed E-state index contributed by atoms with van der Waals surface area (Å²) in [5.41, 5.74) is 10.8. The molecule has 3 atom stereocenters. The molecular formula is C24H29ClN7O8S2+. The molecule has 226 valence electrons. The summed E-state index contributed by atoms with van der Waals surface area (Å²) >= 11 is 8.34. The number of aromatic nitrogens is 1. The Hall–Kier alpha value is -3.41. The van der Waals surface area contributed by atoms with E-state index in [1.807, 2.05) is 0 Å². The van der Waals surface area contributed by atoms with Crippen LogP contribution in [0.15, 0.2) is 16.4 Å². The Morgan fingerprint density at radius 3 is 2.43 bits per heavy atom. The molecule has 0 spiro atoms. The zero-order chi connectivity index (χ0) is 30.6. The number of rotatable bonds is 10. The van der Waals surface area contributed by atoms with E-state index < -0.39 is 52.4 Å². The molecule has 1 unspecified atom stereocenters. The van der Waals surface area contributed by atoms with E-state index in [2.05, 4.69) is 15.5 Å². The molecule has 1 aromatic heterocycles. The Labute approximate surface area is 252 Å². The van der Waals surface area contributed by atoms with Gasteiger partial charge in [-0.1, -0.05) is 28.1 Å². The molecule has 0 saturated carbocycles. The van der Waals surface area contributed by atoms with Gasteiger partial charge in [-0.15, -0.1) is 11.8 Å². The van der Waals surface area contributed by atoms with Crippen LogP contribution in [0.25, 0.3) is 0 Å². The maximum atomic E-state index is 13.3. The average molecular weight is 643 g/mol. The van der Waals surface area contributed by atoms with Crippen molar-refractivity contribution in [3.63, 3.8) is 0 Å². The van der Waals surface area contributed by atoms with Crippen molar-refractivity contribution in [2.75, 3.05) is 37.7 Å². The van der Waals surface area contributed by atoms with Crippen molar-refractivity contribution in [3.8, 4) is 0 Å². The number of nitrogens with zero attached hydrogens (tertiary/aromatic N) is 4. The number of aliphatic carboxylic acids is 2. The van der Waals surface area contributed by atoms with E-state index in [1.165, 1.54) is 23.6 Å². The fourth-order valence-electron chi connectivity index (χ4n) is 5.92. The second-order valence-corrected chi connectivity index (χ2v) is 13.6. The number of nitrogens with two attached hydrogens (primary N) is 2. The van der Waals surface area contributed by atoms with E-state index in [-0.39, 0.29) is 26.8 Å². The highest BCUT2D eigenvalue weighted by Gasteiger charge is 2.57. The number of quaternary nitrogens is 1. The molecule has 3 amide bonds. The first-order valence-corrected chi connectivity index (χ1v) is 15.3. The number of nitrogen functional groups attached to an aromatic ring is 1. The van der Waals surface area contributed by atoms with Gasteiger partial charge in [0.05, 0.1) is 25.0 Å². The number of nitrogens with one attached hydrogen (secondary N) is 1. The van der Waals surface area contributed by atoms with Crippen LogP contribution in [0, 0.1) is 5.41 Å². The summed E-state index contributed by atoms with van der Waals surface area (Å²) in [6.07, 6.45) is 0.547. The third-order valence-electron chi connectivity index (χ3n) is 8.47. The van der Waals surface area contributed by atoms with E-state index in [4.69, 9.17) is 33.0 Å². The van der Waals surface area contributed by atoms with Crippen molar-refractivity contribution in [2.45, 2.75) is 43.7 Å². The van der Waals surface area contributed by atoms with Crippen LogP contribution in [0.3, 0.4) is 0 Å². The summed E-state index contributed by atoms with van der Waals surface area (Å²) in [5.74, 6) is -4.07. The van der Waals surface area contributed by atoms with E-state index in [0.717, 1.165) is 11.3 Å². The Morgan fingerprint density at radius 2 is 1.90 bits per heavy atom. The molecule has 0 aromatic carbocycles. The van der Waals surface area contributed by atoms with Crippen molar-refractivity contribution in [1.82, 2.24) is 15.2 Å². The molecule has 1 aromatic rings. The summed E-state index contributed by atoms with van der Waals surface area (Å²) in [5, 5.41) is 24.7. The van der Waals surface area contributed by atoms with Crippen molar-refractivity contribution in [1.29, 1.82) is 0 Å². The molecule has 2 bridgehead atoms. The highest BCUT2D eigenvalue weighted by molar-refractivity contribution is 8.00. The standard InChI is InChI=1S/C24H28ClN7O8S2/c1-10(20(35)36)40-30-13(12-16(25)42-23(27)29-12)17(33)28-14-18(34)31-15(21(37)38)11(9-41-19(14)31)8-32-5-2-24(3-6-32,4-7-32)22(26)39/h10,14,19H,2-9H2,1H3,(H6-,26,27,28,29,33,35,36,37,38,39)/p+1/t10-,14+,19?,24?,32?/m0/s1. The molecule has 6 rings (SSSR count). The molecule has 42 heavy (non-hydrogen) atoms. The van der Waals surface area contributed by atoms with Gasteiger partial charge in [0.15, 0.2) is 10.8 Å². The number of carboxylic acid groups (broad SMARTS) is 2. The van der Waals surface area contributed by atoms with Crippen LogP contribution in [-0.4, -0.2) is 109 Å². The predicted molar refractivity (Wildman–Crippen MR) is 151 cm³/mol. The number of oxime groups is 1. The molecule has 5 aliphatic rings. The number of thioether (sulfide) groups is 1. The second kappa shape index (κ2) is 11.0. The maximum Gasteiger partial charge on any atom is 0.352 e. The van der Waals surface area contributed by atoms with Gasteiger partial charge in [0.25, 0.3) is 11.8 Å². The molecule has 15 nitrogen and oxygen atoms in total. The average Bonchev–Trinajstić information content (AvgIpc) is 3.28. The second-order valence-electron chi connectivity index (χ2n) is 10.9. The molecule has 0 radical (unpaired) electrons. The van der Waals surface area contributed by atoms with Gasteiger partial charge >= 0.3 is 11.9 Å². The third-order valence-corrected chi connectivity index (χ3v) is 10.9. The fourth-order valence-corrected chi connectivity index (χ4v) is 8.19. The summed E-state index contributed by atoms with van der Waals surface area (Å²) < 4.78 is 0.638. The Morgan fingerprint density at radius 1 is 1.26 bits per heavy atom. The predicted octanol–water partition coefficient (Wildman–Crippen LogP) is -0.203. The van der Waals surface area contributed by atoms with Gasteiger partial charge < -0.3 is 36.3 Å². The first-order valence-electron chi connectivity index (χ1n) is 13.0. The van der Waals surface area contributed by atoms with Gasteiger partial charge in [0.1, 0.15) is 33.7 Å². The monoisotopic (exact) mass is 642 g/mol. The number of carbonyl (C=O) groups excluding carboxylic acids is 3. The zero-order valence-electron chi connectivity index (χ0n) is 22.4. The highest BCUT2D eigenvalue weighted by Crippen LogP contribution is 2.46. The lowest BCUT2D eigenvalue weighted by molar-refractivity contribution is -0.940. The van der Waals surface area contributed by atoms with Crippen molar-refractivity contribution in [3.05, 3.63) is 21.3 Å². The molecule has 6 heterocycles. The van der Waals surface area contributed by atoms with Gasteiger partial charge in [0, 0.05) is 30.6 Å². The smallest absolute Gasteiger partial charge is 0.352 e. The van der Waals surface area contributed by atoms with Gasteiger partial charge in [-0.3, -0.25) is 19.3 Å². The SMILES string of the molecule is C[C@H](ON=C(C(=O)N[C@@H]1C(=O)N2C(C(=O)O)=C(C[N+]34CCC(C(N)=O)(CC3)CC4)CSC12)c1nc(N)sc1Cl)C(=O)O. The highest BCUT2D eigenvalue weighted by atomic mass is 35.5. The Kier molecular flexibility index (Phi) is 7.88. The number of hydrogen-bond acceptors (Lipinski definition) is 11. The van der Waals surface area contributed by atoms with Gasteiger partial charge in [0.2, 0.25) is 12.0 Å². The van der Waals surface area contributed by atoms with E-state index in [9.17, 15) is 29.1 Å². The summed E-state index contributed by atoms with van der Waals surface area (Å²) in [6.45, 7) is 3.75. The minimum atomic E-state index is -1.41. The lowest BCUT2D eigenvalue weighted by Crippen LogP contribution is -2.71. The van der Waals surface area contributed by atoms with Crippen LogP contribution < -0.4 is 16.8 Å². The molecular weight excluding hydrogens is 614 g/mol. The minimum absolute atomic E-state index is 0.00156. The quantitative estimate of drug-likeness (QED) is 0.0971. The first-order chi connectivity index (χ1) is 19.8. The Bertz CT molecular complexity index is 1420. The number of halogens is 1. The van der Waals surface area contributed by atoms with Gasteiger partial charge in [-0.05, 0) is 6.92 Å². The van der Waals surface area contributed by atoms with Crippen LogP contribution in [0.5, 0.6) is 0 Å². The van der Waals surface area contributed by atoms with Crippen molar-refractivity contribution in [2.24, 2.45) is 16.3 Å². The Balaban J connectivity index is 1.34. The molecule has 7 N–H and O–H groups in total. The first kappa shape index (κ1) is 30.1. The normalized spacial score (nSPS) is 29.4. The molecule has 18 heteroatoms. The van der Waals surface area contributed by atoms with E-state index in [0.29, 0.717) is 61.3 Å². The van der Waals surface area contributed by atoms with Crippen molar-refractivity contribution >= 4 is 75.2 Å². The van der Waals surface area contributed by atoms with Crippen LogP contribution >= 0.6 is 34.7 Å². The maximum absolute atomic E-state index is 13.3. The number of fused-ring (bicyclic) bond motifs is 4. The van der Waals surface area contributed by atoms with Crippen LogP contribution in [-0.2, 0) is 28.8 Å². The van der Waals surface area contributed by atoms with Crippen LogP contribution in [0.4, 0.5) is 5.13 Å². The van der Waals surface area contributed by atoms with Gasteiger partial charge in [-0.25, -0.2) is 14.6 Å². The number of β-lactam (4-membered cyclic amide) rings is 1. The number of primary amides is 1. The summed E-state index contributed by atoms with van der Waals surface area (Å²) in [7, 11) is 0. The number of carbonyl (C=O) groups is 5. The third kappa shape index (κ3) is 5.18. The number of carboxylic acids is 2. The van der Waals surface area contributed by atoms with Crippen LogP contribution in [0.1, 0.15) is 31.9 Å². The lowest BCUT2D eigenvalue weighted by Gasteiger charge is -2.55. The lowest BCUT2D eigenvalue weighted by atomic mass is 9.70. The number of thiazole rings is 1. The molecule has 5 aliphatic heterocycles. The van der Waals surface area contributed by atoms with Crippen molar-refractivity contribution < 1.29 is 43.5 Å². The number of piperidine rings is 3. The summed E-state index contributed by atoms with van der Waals surface area (Å²) in [4.78, 5) is 72.2. The minimum Gasteiger partial charge on any atom is -0.478 e. The summed E-state index contributed by atoms with van der Waals surface area (Å²) in [6, 6.07) is -1.09. The molecule has 0 aliphatic carbocycles. The van der Waals surface area contributed by atoms with E-state index in [1.54, 1.807) is 0 Å². The molecule has 4 fully saturated rings. The number of anilines is 1. The van der Waals surface area contributed by atoms with E-state index >= 15 is 0 Å². The topological polar surface area (TPSA) is 228 Å². The fraction of sp³-hybridized carbons (Fsp3) is 0.542.